The number of hydrogen-bond acceptors (Lipinski definition) is 6. The van der Waals surface area contributed by atoms with Gasteiger partial charge in [-0.3, -0.25) is 0 Å². The quantitative estimate of drug-likeness (QED) is 0.665. The zero-order valence-electron chi connectivity index (χ0n) is 14.7. The number of nitrogens with zero attached hydrogens (tertiary/aromatic N) is 2. The third-order valence-corrected chi connectivity index (χ3v) is 4.91. The lowest BCUT2D eigenvalue weighted by Gasteiger charge is -2.10. The van der Waals surface area contributed by atoms with Gasteiger partial charge in [-0.1, -0.05) is 12.1 Å². The van der Waals surface area contributed by atoms with E-state index in [0.717, 1.165) is 0 Å². The number of benzene rings is 2. The number of nitrogens with one attached hydrogen (secondary N) is 1. The monoisotopic (exact) mass is 391 g/mol. The van der Waals surface area contributed by atoms with Gasteiger partial charge in [0.15, 0.2) is 0 Å². The molecule has 0 radical (unpaired) electrons. The van der Waals surface area contributed by atoms with Gasteiger partial charge in [0, 0.05) is 0 Å². The van der Waals surface area contributed by atoms with Gasteiger partial charge in [-0.25, -0.2) is 17.5 Å². The van der Waals surface area contributed by atoms with E-state index in [-0.39, 0.29) is 34.9 Å². The second-order valence-corrected chi connectivity index (χ2v) is 7.71. The summed E-state index contributed by atoms with van der Waals surface area (Å²) in [7, 11) is -3.77. The first-order chi connectivity index (χ1) is 12.8. The summed E-state index contributed by atoms with van der Waals surface area (Å²) in [5.41, 5.74) is 0.153. The largest absolute Gasteiger partial charge is 0.491 e. The molecule has 1 aromatic heterocycles. The van der Waals surface area contributed by atoms with E-state index in [2.05, 4.69) is 14.9 Å². The Bertz CT molecular complexity index is 1020. The van der Waals surface area contributed by atoms with Crippen LogP contribution in [0, 0.1) is 5.82 Å². The molecule has 0 fully saturated rings. The van der Waals surface area contributed by atoms with Crippen molar-refractivity contribution in [3.63, 3.8) is 0 Å². The third-order valence-electron chi connectivity index (χ3n) is 3.49. The zero-order chi connectivity index (χ0) is 19.4. The van der Waals surface area contributed by atoms with Crippen molar-refractivity contribution in [2.24, 2.45) is 0 Å². The maximum Gasteiger partial charge on any atom is 0.250 e. The van der Waals surface area contributed by atoms with Crippen molar-refractivity contribution in [1.82, 2.24) is 14.9 Å². The van der Waals surface area contributed by atoms with E-state index in [9.17, 15) is 12.8 Å². The van der Waals surface area contributed by atoms with Crippen LogP contribution in [-0.4, -0.2) is 24.7 Å². The van der Waals surface area contributed by atoms with Gasteiger partial charge in [-0.2, -0.15) is 0 Å². The molecular formula is C18H18FN3O4S. The highest BCUT2D eigenvalue weighted by atomic mass is 32.2. The van der Waals surface area contributed by atoms with Crippen LogP contribution in [0.2, 0.25) is 0 Å². The number of sulfonamides is 1. The van der Waals surface area contributed by atoms with Crippen molar-refractivity contribution in [2.45, 2.75) is 31.4 Å². The van der Waals surface area contributed by atoms with Crippen LogP contribution in [0.5, 0.6) is 5.75 Å². The molecular weight excluding hydrogens is 373 g/mol. The average molecular weight is 391 g/mol. The molecule has 3 aromatic rings. The molecule has 0 saturated heterocycles. The summed E-state index contributed by atoms with van der Waals surface area (Å²) in [6, 6.07) is 12.0. The van der Waals surface area contributed by atoms with Crippen LogP contribution in [0.25, 0.3) is 11.5 Å². The molecule has 9 heteroatoms. The molecule has 1 N–H and O–H groups in total. The summed E-state index contributed by atoms with van der Waals surface area (Å²) in [4.78, 5) is 0.0763. The maximum absolute atomic E-state index is 13.7. The lowest BCUT2D eigenvalue weighted by atomic mass is 10.2. The van der Waals surface area contributed by atoms with E-state index in [4.69, 9.17) is 9.15 Å². The van der Waals surface area contributed by atoms with Crippen LogP contribution < -0.4 is 9.46 Å². The van der Waals surface area contributed by atoms with Gasteiger partial charge in [0.1, 0.15) is 11.6 Å². The van der Waals surface area contributed by atoms with Gasteiger partial charge in [-0.05, 0) is 50.2 Å². The first-order valence-corrected chi connectivity index (χ1v) is 9.67. The topological polar surface area (TPSA) is 94.3 Å². The van der Waals surface area contributed by atoms with Gasteiger partial charge in [0.25, 0.3) is 5.89 Å². The Kier molecular flexibility index (Phi) is 5.52. The normalized spacial score (nSPS) is 11.7. The minimum atomic E-state index is -3.77. The van der Waals surface area contributed by atoms with Crippen LogP contribution in [0.15, 0.2) is 57.8 Å². The molecule has 0 saturated carbocycles. The lowest BCUT2D eigenvalue weighted by molar-refractivity contribution is 0.242. The third kappa shape index (κ3) is 4.69. The van der Waals surface area contributed by atoms with Crippen molar-refractivity contribution in [3.8, 4) is 17.2 Å². The Labute approximate surface area is 156 Å². The van der Waals surface area contributed by atoms with E-state index >= 15 is 0 Å². The first-order valence-electron chi connectivity index (χ1n) is 8.19. The molecule has 0 aliphatic heterocycles. The zero-order valence-corrected chi connectivity index (χ0v) is 15.5. The molecule has 7 nitrogen and oxygen atoms in total. The van der Waals surface area contributed by atoms with Crippen LogP contribution in [0.1, 0.15) is 19.7 Å². The predicted molar refractivity (Wildman–Crippen MR) is 95.9 cm³/mol. The predicted octanol–water partition coefficient (Wildman–Crippen LogP) is 3.14. The van der Waals surface area contributed by atoms with Gasteiger partial charge in [0.05, 0.1) is 23.1 Å². The minimum absolute atomic E-state index is 0.00763. The molecule has 0 aliphatic carbocycles. The minimum Gasteiger partial charge on any atom is -0.491 e. The fraction of sp³-hybridized carbons (Fsp3) is 0.222. The fourth-order valence-corrected chi connectivity index (χ4v) is 3.25. The molecule has 27 heavy (non-hydrogen) atoms. The standard InChI is InChI=1S/C18H18FN3O4S/c1-12(2)25-13-7-9-14(10-8-13)27(23,24)20-11-17-21-22-18(26-17)15-5-3-4-6-16(15)19/h3-10,12,20H,11H2,1-2H3. The van der Waals surface area contributed by atoms with Crippen molar-refractivity contribution in [2.75, 3.05) is 0 Å². The van der Waals surface area contributed by atoms with Gasteiger partial charge in [-0.15, -0.1) is 10.2 Å². The molecule has 1 heterocycles. The summed E-state index contributed by atoms with van der Waals surface area (Å²) < 4.78 is 51.7. The molecule has 0 amide bonds. The summed E-state index contributed by atoms with van der Waals surface area (Å²) >= 11 is 0. The smallest absolute Gasteiger partial charge is 0.250 e. The second kappa shape index (κ2) is 7.85. The molecule has 0 spiro atoms. The SMILES string of the molecule is CC(C)Oc1ccc(S(=O)(=O)NCc2nnc(-c3ccccc3F)o2)cc1. The Morgan fingerprint density at radius 1 is 1.11 bits per heavy atom. The first kappa shape index (κ1) is 19.0. The number of halogens is 1. The van der Waals surface area contributed by atoms with Crippen molar-refractivity contribution in [1.29, 1.82) is 0 Å². The van der Waals surface area contributed by atoms with Gasteiger partial charge < -0.3 is 9.15 Å². The number of hydrogen-bond donors (Lipinski definition) is 1. The lowest BCUT2D eigenvalue weighted by Crippen LogP contribution is -2.23. The van der Waals surface area contributed by atoms with E-state index in [1.807, 2.05) is 13.8 Å². The summed E-state index contributed by atoms with van der Waals surface area (Å²) in [6.07, 6.45) is -0.00763. The Balaban J connectivity index is 1.68. The van der Waals surface area contributed by atoms with Gasteiger partial charge >= 0.3 is 0 Å². The van der Waals surface area contributed by atoms with Gasteiger partial charge in [0.2, 0.25) is 15.9 Å². The molecule has 142 valence electrons. The molecule has 0 aliphatic rings. The Morgan fingerprint density at radius 3 is 2.48 bits per heavy atom. The molecule has 0 bridgehead atoms. The van der Waals surface area contributed by atoms with Crippen molar-refractivity contribution >= 4 is 10.0 Å². The van der Waals surface area contributed by atoms with E-state index in [1.165, 1.54) is 24.3 Å². The van der Waals surface area contributed by atoms with Crippen LogP contribution in [-0.2, 0) is 16.6 Å². The summed E-state index contributed by atoms with van der Waals surface area (Å²) in [5.74, 6) is 0.0847. The van der Waals surface area contributed by atoms with Crippen LogP contribution in [0.3, 0.4) is 0 Å². The Hall–Kier alpha value is -2.78. The maximum atomic E-state index is 13.7. The average Bonchev–Trinajstić information content (AvgIpc) is 3.09. The number of rotatable bonds is 7. The van der Waals surface area contributed by atoms with Crippen molar-refractivity contribution < 1.29 is 22.0 Å². The highest BCUT2D eigenvalue weighted by molar-refractivity contribution is 7.89. The van der Waals surface area contributed by atoms with Crippen LogP contribution in [0.4, 0.5) is 4.39 Å². The molecule has 0 unspecified atom stereocenters. The molecule has 0 atom stereocenters. The molecule has 2 aromatic carbocycles. The van der Waals surface area contributed by atoms with Crippen molar-refractivity contribution in [3.05, 3.63) is 60.2 Å². The van der Waals surface area contributed by atoms with E-state index in [1.54, 1.807) is 24.3 Å². The Morgan fingerprint density at radius 2 is 1.81 bits per heavy atom. The van der Waals surface area contributed by atoms with E-state index in [0.29, 0.717) is 5.75 Å². The highest BCUT2D eigenvalue weighted by Crippen LogP contribution is 2.21. The van der Waals surface area contributed by atoms with Crippen LogP contribution >= 0.6 is 0 Å². The molecule has 3 rings (SSSR count). The second-order valence-electron chi connectivity index (χ2n) is 5.94. The number of aromatic nitrogens is 2. The summed E-state index contributed by atoms with van der Waals surface area (Å²) in [6.45, 7) is 3.55. The fourth-order valence-electron chi connectivity index (χ4n) is 2.28. The van der Waals surface area contributed by atoms with E-state index < -0.39 is 15.8 Å². The highest BCUT2D eigenvalue weighted by Gasteiger charge is 2.17. The summed E-state index contributed by atoms with van der Waals surface area (Å²) in [5, 5.41) is 7.50. The number of ether oxygens (including phenoxy) is 1.